The number of hydrogen-bond acceptors (Lipinski definition) is 2. The van der Waals surface area contributed by atoms with E-state index in [1.54, 1.807) is 17.4 Å². The van der Waals surface area contributed by atoms with Gasteiger partial charge in [0.25, 0.3) is 0 Å². The minimum atomic E-state index is -0.248. The van der Waals surface area contributed by atoms with Gasteiger partial charge in [-0.2, -0.15) is 0 Å². The maximum absolute atomic E-state index is 13.3. The smallest absolute Gasteiger partial charge is 0.123 e. The average Bonchev–Trinajstić information content (AvgIpc) is 2.80. The number of hydrogen-bond donors (Lipinski definition) is 1. The molecule has 5 heteroatoms. The largest absolute Gasteiger partial charge is 0.309 e. The molecular formula is C14H14BrClFNS. The van der Waals surface area contributed by atoms with Gasteiger partial charge in [0.2, 0.25) is 0 Å². The average molecular weight is 363 g/mol. The molecule has 0 saturated carbocycles. The maximum atomic E-state index is 13.3. The summed E-state index contributed by atoms with van der Waals surface area (Å²) in [4.78, 5) is 1.22. The second-order valence-electron chi connectivity index (χ2n) is 4.22. The Kier molecular flexibility index (Phi) is 5.39. The van der Waals surface area contributed by atoms with Crippen LogP contribution in [0.1, 0.15) is 23.4 Å². The molecule has 0 spiro atoms. The Balaban J connectivity index is 2.23. The molecule has 102 valence electrons. The van der Waals surface area contributed by atoms with Gasteiger partial charge in [0.15, 0.2) is 0 Å². The van der Waals surface area contributed by atoms with Crippen LogP contribution >= 0.6 is 38.9 Å². The first-order valence-corrected chi connectivity index (χ1v) is 8.06. The third kappa shape index (κ3) is 4.02. The van der Waals surface area contributed by atoms with Gasteiger partial charge < -0.3 is 5.32 Å². The van der Waals surface area contributed by atoms with Gasteiger partial charge in [-0.1, -0.05) is 18.5 Å². The Labute approximate surface area is 129 Å². The van der Waals surface area contributed by atoms with E-state index in [-0.39, 0.29) is 11.9 Å². The summed E-state index contributed by atoms with van der Waals surface area (Å²) in [6.45, 7) is 2.91. The first-order chi connectivity index (χ1) is 9.10. The van der Waals surface area contributed by atoms with Crippen molar-refractivity contribution in [3.05, 3.63) is 55.4 Å². The van der Waals surface area contributed by atoms with Gasteiger partial charge in [-0.3, -0.25) is 0 Å². The molecule has 0 bridgehead atoms. The summed E-state index contributed by atoms with van der Waals surface area (Å²) in [6.07, 6.45) is 0.678. The fourth-order valence-electron chi connectivity index (χ4n) is 1.95. The van der Waals surface area contributed by atoms with Gasteiger partial charge >= 0.3 is 0 Å². The highest BCUT2D eigenvalue weighted by molar-refractivity contribution is 9.10. The third-order valence-electron chi connectivity index (χ3n) is 2.81. The lowest BCUT2D eigenvalue weighted by Crippen LogP contribution is -2.22. The number of halogens is 3. The number of likely N-dealkylation sites (N-methyl/N-ethyl adjacent to an activating group) is 1. The summed E-state index contributed by atoms with van der Waals surface area (Å²) >= 11 is 11.3. The van der Waals surface area contributed by atoms with Crippen LogP contribution in [0.2, 0.25) is 5.02 Å². The molecule has 1 atom stereocenters. The normalized spacial score (nSPS) is 12.6. The van der Waals surface area contributed by atoms with Crippen LogP contribution in [0.4, 0.5) is 4.39 Å². The molecule has 1 unspecified atom stereocenters. The monoisotopic (exact) mass is 361 g/mol. The van der Waals surface area contributed by atoms with Crippen LogP contribution in [0.25, 0.3) is 0 Å². The predicted molar refractivity (Wildman–Crippen MR) is 83.6 cm³/mol. The van der Waals surface area contributed by atoms with Gasteiger partial charge in [0.1, 0.15) is 5.82 Å². The van der Waals surface area contributed by atoms with Crippen molar-refractivity contribution >= 4 is 38.9 Å². The summed E-state index contributed by atoms with van der Waals surface area (Å²) in [5, 5.41) is 6.08. The number of thiophene rings is 1. The topological polar surface area (TPSA) is 12.0 Å². The molecule has 19 heavy (non-hydrogen) atoms. The van der Waals surface area contributed by atoms with Crippen molar-refractivity contribution in [3.63, 3.8) is 0 Å². The van der Waals surface area contributed by atoms with E-state index in [0.717, 1.165) is 16.6 Å². The maximum Gasteiger partial charge on any atom is 0.123 e. The Morgan fingerprint density at radius 1 is 1.42 bits per heavy atom. The first-order valence-electron chi connectivity index (χ1n) is 6.01. The highest BCUT2D eigenvalue weighted by Gasteiger charge is 2.15. The van der Waals surface area contributed by atoms with Crippen LogP contribution in [0, 0.1) is 5.82 Å². The predicted octanol–water partition coefficient (Wildman–Crippen LogP) is 5.20. The minimum Gasteiger partial charge on any atom is -0.309 e. The van der Waals surface area contributed by atoms with Gasteiger partial charge in [-0.15, -0.1) is 11.3 Å². The molecule has 0 amide bonds. The van der Waals surface area contributed by atoms with Crippen LogP contribution in [0.15, 0.2) is 34.1 Å². The van der Waals surface area contributed by atoms with Crippen molar-refractivity contribution in [2.45, 2.75) is 19.4 Å². The fourth-order valence-corrected chi connectivity index (χ4v) is 3.67. The van der Waals surface area contributed by atoms with Crippen molar-refractivity contribution in [1.82, 2.24) is 5.32 Å². The summed E-state index contributed by atoms with van der Waals surface area (Å²) < 4.78 is 14.4. The third-order valence-corrected chi connectivity index (χ3v) is 4.99. The van der Waals surface area contributed by atoms with E-state index >= 15 is 0 Å². The van der Waals surface area contributed by atoms with E-state index in [0.29, 0.717) is 11.4 Å². The summed E-state index contributed by atoms with van der Waals surface area (Å²) in [6, 6.07) is 6.75. The quantitative estimate of drug-likeness (QED) is 0.771. The molecule has 0 aliphatic rings. The molecule has 1 N–H and O–H groups in total. The van der Waals surface area contributed by atoms with Gasteiger partial charge in [-0.25, -0.2) is 4.39 Å². The second-order valence-corrected chi connectivity index (χ2v) is 6.48. The van der Waals surface area contributed by atoms with Crippen LogP contribution in [-0.4, -0.2) is 6.54 Å². The Morgan fingerprint density at radius 3 is 2.84 bits per heavy atom. The van der Waals surface area contributed by atoms with Crippen LogP contribution < -0.4 is 5.32 Å². The standard InChI is InChI=1S/C14H14BrClFNS/c1-2-18-13(14-7-10(15)8-19-14)6-9-5-11(17)3-4-12(9)16/h3-5,7-8,13,18H,2,6H2,1H3. The molecule has 0 fully saturated rings. The fraction of sp³-hybridized carbons (Fsp3) is 0.286. The Bertz CT molecular complexity index is 558. The number of nitrogens with one attached hydrogen (secondary N) is 1. The van der Waals surface area contributed by atoms with Crippen LogP contribution in [0.3, 0.4) is 0 Å². The molecule has 2 rings (SSSR count). The second kappa shape index (κ2) is 6.84. The molecule has 1 aromatic carbocycles. The zero-order valence-corrected chi connectivity index (χ0v) is 13.6. The van der Waals surface area contributed by atoms with E-state index in [4.69, 9.17) is 11.6 Å². The van der Waals surface area contributed by atoms with Crippen molar-refractivity contribution in [2.75, 3.05) is 6.54 Å². The summed E-state index contributed by atoms with van der Waals surface area (Å²) in [5.74, 6) is -0.248. The Morgan fingerprint density at radius 2 is 2.21 bits per heavy atom. The Hall–Kier alpha value is -0.420. The highest BCUT2D eigenvalue weighted by atomic mass is 79.9. The van der Waals surface area contributed by atoms with Crippen molar-refractivity contribution in [2.24, 2.45) is 0 Å². The zero-order chi connectivity index (χ0) is 13.8. The highest BCUT2D eigenvalue weighted by Crippen LogP contribution is 2.30. The van der Waals surface area contributed by atoms with E-state index in [1.807, 2.05) is 5.38 Å². The van der Waals surface area contributed by atoms with Crippen LogP contribution in [-0.2, 0) is 6.42 Å². The van der Waals surface area contributed by atoms with E-state index in [1.165, 1.54) is 17.0 Å². The number of rotatable bonds is 5. The molecular weight excluding hydrogens is 349 g/mol. The lowest BCUT2D eigenvalue weighted by molar-refractivity contribution is 0.554. The van der Waals surface area contributed by atoms with Crippen molar-refractivity contribution in [1.29, 1.82) is 0 Å². The van der Waals surface area contributed by atoms with Crippen molar-refractivity contribution in [3.8, 4) is 0 Å². The molecule has 0 aliphatic heterocycles. The lowest BCUT2D eigenvalue weighted by atomic mass is 10.0. The van der Waals surface area contributed by atoms with E-state index in [9.17, 15) is 4.39 Å². The van der Waals surface area contributed by atoms with Gasteiger partial charge in [0.05, 0.1) is 0 Å². The van der Waals surface area contributed by atoms with E-state index in [2.05, 4.69) is 34.2 Å². The zero-order valence-electron chi connectivity index (χ0n) is 10.4. The molecule has 0 saturated heterocycles. The molecule has 0 aliphatic carbocycles. The summed E-state index contributed by atoms with van der Waals surface area (Å²) in [7, 11) is 0. The molecule has 1 heterocycles. The minimum absolute atomic E-state index is 0.153. The molecule has 1 nitrogen and oxygen atoms in total. The van der Waals surface area contributed by atoms with Gasteiger partial charge in [0, 0.05) is 25.8 Å². The van der Waals surface area contributed by atoms with Crippen molar-refractivity contribution < 1.29 is 4.39 Å². The first kappa shape index (κ1) is 15.0. The SMILES string of the molecule is CCNC(Cc1cc(F)ccc1Cl)c1cc(Br)cs1. The van der Waals surface area contributed by atoms with Gasteiger partial charge in [-0.05, 0) is 58.7 Å². The van der Waals surface area contributed by atoms with Crippen LogP contribution in [0.5, 0.6) is 0 Å². The molecule has 1 aromatic heterocycles. The molecule has 2 aromatic rings. The summed E-state index contributed by atoms with van der Waals surface area (Å²) in [5.41, 5.74) is 0.831. The number of benzene rings is 1. The lowest BCUT2D eigenvalue weighted by Gasteiger charge is -2.17. The molecule has 0 radical (unpaired) electrons. The van der Waals surface area contributed by atoms with E-state index < -0.39 is 0 Å².